The minimum Gasteiger partial charge on any atom is -0.287 e. The summed E-state index contributed by atoms with van der Waals surface area (Å²) in [4.78, 5) is 0. The SMILES string of the molecule is CC1NC(C)NC(C)NC(C)N1. The molecule has 0 bridgehead atoms. The van der Waals surface area contributed by atoms with E-state index < -0.39 is 0 Å². The van der Waals surface area contributed by atoms with Crippen LogP contribution in [0.1, 0.15) is 27.7 Å². The first-order chi connectivity index (χ1) is 5.58. The molecule has 0 aromatic heterocycles. The highest BCUT2D eigenvalue weighted by Crippen LogP contribution is 1.91. The van der Waals surface area contributed by atoms with Gasteiger partial charge in [0, 0.05) is 0 Å². The molecule has 1 fully saturated rings. The minimum atomic E-state index is 0.336. The van der Waals surface area contributed by atoms with E-state index in [4.69, 9.17) is 0 Å². The fraction of sp³-hybridized carbons (Fsp3) is 1.00. The quantitative estimate of drug-likeness (QED) is 0.407. The van der Waals surface area contributed by atoms with E-state index in [1.54, 1.807) is 0 Å². The molecule has 0 aromatic carbocycles. The van der Waals surface area contributed by atoms with E-state index in [0.29, 0.717) is 24.7 Å². The third-order valence-corrected chi connectivity index (χ3v) is 2.00. The molecule has 4 nitrogen and oxygen atoms in total. The Labute approximate surface area is 74.5 Å². The van der Waals surface area contributed by atoms with Crippen LogP contribution in [0, 0.1) is 0 Å². The molecule has 0 radical (unpaired) electrons. The number of hydrogen-bond donors (Lipinski definition) is 4. The zero-order chi connectivity index (χ0) is 9.14. The van der Waals surface area contributed by atoms with Crippen molar-refractivity contribution in [3.8, 4) is 0 Å². The first kappa shape index (κ1) is 9.92. The second-order valence-electron chi connectivity index (χ2n) is 3.55. The van der Waals surface area contributed by atoms with Crippen molar-refractivity contribution >= 4 is 0 Å². The van der Waals surface area contributed by atoms with E-state index in [1.165, 1.54) is 0 Å². The van der Waals surface area contributed by atoms with Gasteiger partial charge in [0.2, 0.25) is 0 Å². The molecular formula is C8H20N4. The van der Waals surface area contributed by atoms with E-state index >= 15 is 0 Å². The Morgan fingerprint density at radius 1 is 0.500 bits per heavy atom. The fourth-order valence-electron chi connectivity index (χ4n) is 1.69. The Kier molecular flexibility index (Phi) is 3.46. The molecule has 0 atom stereocenters. The lowest BCUT2D eigenvalue weighted by atomic mass is 10.3. The topological polar surface area (TPSA) is 48.1 Å². The summed E-state index contributed by atoms with van der Waals surface area (Å²) in [5, 5.41) is 13.5. The van der Waals surface area contributed by atoms with Gasteiger partial charge in [-0.15, -0.1) is 0 Å². The molecule has 1 rings (SSSR count). The van der Waals surface area contributed by atoms with Crippen molar-refractivity contribution in [2.24, 2.45) is 0 Å². The number of nitrogens with one attached hydrogen (secondary N) is 4. The zero-order valence-electron chi connectivity index (χ0n) is 8.31. The van der Waals surface area contributed by atoms with Crippen molar-refractivity contribution in [3.63, 3.8) is 0 Å². The third kappa shape index (κ3) is 3.06. The number of rotatable bonds is 0. The highest BCUT2D eigenvalue weighted by Gasteiger charge is 2.16. The van der Waals surface area contributed by atoms with Crippen LogP contribution in [0.2, 0.25) is 0 Å². The Bertz CT molecular complexity index is 99.0. The molecule has 0 saturated carbocycles. The Hall–Kier alpha value is -0.160. The van der Waals surface area contributed by atoms with E-state index in [0.717, 1.165) is 0 Å². The largest absolute Gasteiger partial charge is 0.287 e. The van der Waals surface area contributed by atoms with Gasteiger partial charge < -0.3 is 0 Å². The summed E-state index contributed by atoms with van der Waals surface area (Å²) < 4.78 is 0. The lowest BCUT2D eigenvalue weighted by Crippen LogP contribution is -2.64. The van der Waals surface area contributed by atoms with Crippen LogP contribution < -0.4 is 21.3 Å². The highest BCUT2D eigenvalue weighted by molar-refractivity contribution is 4.75. The Balaban J connectivity index is 2.45. The molecule has 1 aliphatic rings. The second kappa shape index (κ2) is 4.18. The first-order valence-corrected chi connectivity index (χ1v) is 4.62. The van der Waals surface area contributed by atoms with Gasteiger partial charge in [0.1, 0.15) is 0 Å². The molecule has 1 saturated heterocycles. The Morgan fingerprint density at radius 3 is 0.833 bits per heavy atom. The maximum atomic E-state index is 3.38. The van der Waals surface area contributed by atoms with Crippen molar-refractivity contribution in [1.82, 2.24) is 21.3 Å². The van der Waals surface area contributed by atoms with Gasteiger partial charge >= 0.3 is 0 Å². The lowest BCUT2D eigenvalue weighted by Gasteiger charge is -2.33. The maximum Gasteiger partial charge on any atom is 0.0566 e. The van der Waals surface area contributed by atoms with Crippen molar-refractivity contribution < 1.29 is 0 Å². The molecule has 4 heteroatoms. The molecule has 0 spiro atoms. The maximum absolute atomic E-state index is 3.38. The van der Waals surface area contributed by atoms with Gasteiger partial charge in [-0.3, -0.25) is 21.3 Å². The summed E-state index contributed by atoms with van der Waals surface area (Å²) in [5.41, 5.74) is 0. The average Bonchev–Trinajstić information content (AvgIpc) is 1.81. The van der Waals surface area contributed by atoms with Crippen LogP contribution in [-0.2, 0) is 0 Å². The molecular weight excluding hydrogens is 152 g/mol. The molecule has 0 aromatic rings. The van der Waals surface area contributed by atoms with E-state index in [9.17, 15) is 0 Å². The molecule has 0 unspecified atom stereocenters. The van der Waals surface area contributed by atoms with E-state index in [-0.39, 0.29) is 0 Å². The predicted molar refractivity (Wildman–Crippen MR) is 50.4 cm³/mol. The van der Waals surface area contributed by atoms with Gasteiger partial charge in [-0.2, -0.15) is 0 Å². The standard InChI is InChI=1S/C8H20N4/c1-5-9-6(2)11-8(4)12-7(3)10-5/h5-12H,1-4H3. The van der Waals surface area contributed by atoms with Crippen LogP contribution in [0.4, 0.5) is 0 Å². The van der Waals surface area contributed by atoms with Gasteiger partial charge in [-0.05, 0) is 27.7 Å². The van der Waals surface area contributed by atoms with Crippen LogP contribution in [0.3, 0.4) is 0 Å². The number of hydrogen-bond acceptors (Lipinski definition) is 4. The van der Waals surface area contributed by atoms with Crippen LogP contribution in [0.25, 0.3) is 0 Å². The van der Waals surface area contributed by atoms with Crippen molar-refractivity contribution in [1.29, 1.82) is 0 Å². The summed E-state index contributed by atoms with van der Waals surface area (Å²) in [6, 6.07) is 0. The molecule has 4 N–H and O–H groups in total. The van der Waals surface area contributed by atoms with Gasteiger partial charge in [-0.25, -0.2) is 0 Å². The summed E-state index contributed by atoms with van der Waals surface area (Å²) in [5.74, 6) is 0. The van der Waals surface area contributed by atoms with Gasteiger partial charge in [0.15, 0.2) is 0 Å². The third-order valence-electron chi connectivity index (χ3n) is 2.00. The summed E-state index contributed by atoms with van der Waals surface area (Å²) in [6.45, 7) is 8.47. The molecule has 12 heavy (non-hydrogen) atoms. The van der Waals surface area contributed by atoms with E-state index in [2.05, 4.69) is 49.0 Å². The molecule has 0 aliphatic carbocycles. The second-order valence-corrected chi connectivity index (χ2v) is 3.55. The van der Waals surface area contributed by atoms with E-state index in [1.807, 2.05) is 0 Å². The molecule has 1 heterocycles. The van der Waals surface area contributed by atoms with Crippen LogP contribution in [0.15, 0.2) is 0 Å². The highest BCUT2D eigenvalue weighted by atomic mass is 15.3. The smallest absolute Gasteiger partial charge is 0.0566 e. The summed E-state index contributed by atoms with van der Waals surface area (Å²) in [6.07, 6.45) is 1.34. The van der Waals surface area contributed by atoms with Gasteiger partial charge in [0.05, 0.1) is 24.7 Å². The lowest BCUT2D eigenvalue weighted by molar-refractivity contribution is 0.233. The summed E-state index contributed by atoms with van der Waals surface area (Å²) >= 11 is 0. The zero-order valence-corrected chi connectivity index (χ0v) is 8.31. The van der Waals surface area contributed by atoms with Crippen LogP contribution >= 0.6 is 0 Å². The first-order valence-electron chi connectivity index (χ1n) is 4.62. The fourth-order valence-corrected chi connectivity index (χ4v) is 1.69. The van der Waals surface area contributed by atoms with Crippen molar-refractivity contribution in [3.05, 3.63) is 0 Å². The molecule has 72 valence electrons. The predicted octanol–water partition coefficient (Wildman–Crippen LogP) is -0.258. The summed E-state index contributed by atoms with van der Waals surface area (Å²) in [7, 11) is 0. The van der Waals surface area contributed by atoms with Crippen molar-refractivity contribution in [2.45, 2.75) is 52.4 Å². The monoisotopic (exact) mass is 172 g/mol. The van der Waals surface area contributed by atoms with Crippen LogP contribution in [0.5, 0.6) is 0 Å². The van der Waals surface area contributed by atoms with Gasteiger partial charge in [0.25, 0.3) is 0 Å². The molecule has 0 amide bonds. The van der Waals surface area contributed by atoms with Gasteiger partial charge in [-0.1, -0.05) is 0 Å². The van der Waals surface area contributed by atoms with Crippen LogP contribution in [-0.4, -0.2) is 24.7 Å². The molecule has 1 aliphatic heterocycles. The normalized spacial score (nSPS) is 45.0. The Morgan fingerprint density at radius 2 is 0.667 bits per heavy atom. The van der Waals surface area contributed by atoms with Crippen molar-refractivity contribution in [2.75, 3.05) is 0 Å². The average molecular weight is 172 g/mol. The minimum absolute atomic E-state index is 0.336.